The van der Waals surface area contributed by atoms with Crippen LogP contribution in [-0.2, 0) is 6.42 Å². The SMILES string of the molecule is Cc1cc(C)c(-n2c(O)c([C@H]3[NH2+]CCc4ccccc43)c(=O)[nH]c2=O)c(C)c1. The average Bonchev–Trinajstić information content (AvgIpc) is 2.63. The number of hydrogen-bond acceptors (Lipinski definition) is 3. The van der Waals surface area contributed by atoms with Gasteiger partial charge < -0.3 is 10.4 Å². The summed E-state index contributed by atoms with van der Waals surface area (Å²) in [6.07, 6.45) is 0.904. The zero-order valence-electron chi connectivity index (χ0n) is 16.2. The molecule has 1 aliphatic heterocycles. The van der Waals surface area contributed by atoms with Crippen molar-refractivity contribution in [3.8, 4) is 11.6 Å². The molecule has 0 amide bonds. The molecule has 0 bridgehead atoms. The highest BCUT2D eigenvalue weighted by Crippen LogP contribution is 2.30. The lowest BCUT2D eigenvalue weighted by Gasteiger charge is -2.25. The first-order valence-corrected chi connectivity index (χ1v) is 9.46. The van der Waals surface area contributed by atoms with E-state index < -0.39 is 11.2 Å². The summed E-state index contributed by atoms with van der Waals surface area (Å²) in [5, 5.41) is 13.2. The van der Waals surface area contributed by atoms with Crippen molar-refractivity contribution in [2.45, 2.75) is 33.2 Å². The van der Waals surface area contributed by atoms with Crippen molar-refractivity contribution in [1.29, 1.82) is 0 Å². The molecule has 1 atom stereocenters. The number of benzene rings is 2. The van der Waals surface area contributed by atoms with E-state index in [0.29, 0.717) is 5.69 Å². The maximum atomic E-state index is 12.7. The lowest BCUT2D eigenvalue weighted by atomic mass is 9.90. The molecule has 1 aromatic heterocycles. The van der Waals surface area contributed by atoms with E-state index in [9.17, 15) is 14.7 Å². The summed E-state index contributed by atoms with van der Waals surface area (Å²) in [4.78, 5) is 27.8. The number of aromatic nitrogens is 2. The van der Waals surface area contributed by atoms with Crippen LogP contribution in [0, 0.1) is 20.8 Å². The third kappa shape index (κ3) is 2.86. The third-order valence-electron chi connectivity index (χ3n) is 5.50. The summed E-state index contributed by atoms with van der Waals surface area (Å²) in [5.41, 5.74) is 4.60. The van der Waals surface area contributed by atoms with Crippen LogP contribution in [0.4, 0.5) is 0 Å². The predicted molar refractivity (Wildman–Crippen MR) is 107 cm³/mol. The Labute approximate surface area is 162 Å². The van der Waals surface area contributed by atoms with Gasteiger partial charge in [0.05, 0.1) is 12.2 Å². The molecule has 0 unspecified atom stereocenters. The number of nitrogens with two attached hydrogens (primary N) is 1. The molecule has 4 rings (SSSR count). The smallest absolute Gasteiger partial charge is 0.335 e. The van der Waals surface area contributed by atoms with Crippen LogP contribution < -0.4 is 16.6 Å². The Morgan fingerprint density at radius 3 is 2.50 bits per heavy atom. The van der Waals surface area contributed by atoms with Crippen molar-refractivity contribution in [2.24, 2.45) is 0 Å². The molecule has 3 aromatic rings. The van der Waals surface area contributed by atoms with Crippen LogP contribution in [0.1, 0.15) is 39.4 Å². The molecule has 0 spiro atoms. The van der Waals surface area contributed by atoms with Gasteiger partial charge in [-0.15, -0.1) is 0 Å². The van der Waals surface area contributed by atoms with E-state index in [1.165, 1.54) is 4.57 Å². The highest BCUT2D eigenvalue weighted by molar-refractivity contribution is 5.52. The van der Waals surface area contributed by atoms with Crippen LogP contribution in [0.25, 0.3) is 5.69 Å². The Morgan fingerprint density at radius 2 is 1.79 bits per heavy atom. The summed E-state index contributed by atoms with van der Waals surface area (Å²) >= 11 is 0. The second-order valence-electron chi connectivity index (χ2n) is 7.53. The van der Waals surface area contributed by atoms with E-state index in [-0.39, 0.29) is 17.5 Å². The van der Waals surface area contributed by atoms with Crippen molar-refractivity contribution in [3.63, 3.8) is 0 Å². The van der Waals surface area contributed by atoms with Crippen molar-refractivity contribution >= 4 is 0 Å². The number of fused-ring (bicyclic) bond motifs is 1. The monoisotopic (exact) mass is 378 g/mol. The van der Waals surface area contributed by atoms with Gasteiger partial charge in [-0.05, 0) is 37.5 Å². The molecule has 0 radical (unpaired) electrons. The van der Waals surface area contributed by atoms with Gasteiger partial charge in [-0.3, -0.25) is 9.78 Å². The number of aryl methyl sites for hydroxylation is 3. The zero-order chi connectivity index (χ0) is 20.0. The molecular formula is C22H24N3O3+. The van der Waals surface area contributed by atoms with Gasteiger partial charge in [-0.25, -0.2) is 9.36 Å². The molecule has 1 aliphatic rings. The van der Waals surface area contributed by atoms with E-state index in [4.69, 9.17) is 0 Å². The van der Waals surface area contributed by atoms with Crippen LogP contribution in [0.3, 0.4) is 0 Å². The fourth-order valence-electron chi connectivity index (χ4n) is 4.42. The highest BCUT2D eigenvalue weighted by Gasteiger charge is 2.32. The summed E-state index contributed by atoms with van der Waals surface area (Å²) in [6.45, 7) is 6.59. The molecular weight excluding hydrogens is 354 g/mol. The Bertz CT molecular complexity index is 1170. The van der Waals surface area contributed by atoms with Gasteiger partial charge in [0.2, 0.25) is 5.88 Å². The molecule has 2 aromatic carbocycles. The van der Waals surface area contributed by atoms with Gasteiger partial charge in [-0.2, -0.15) is 0 Å². The maximum Gasteiger partial charge on any atom is 0.335 e. The first-order valence-electron chi connectivity index (χ1n) is 9.46. The minimum atomic E-state index is -0.634. The summed E-state index contributed by atoms with van der Waals surface area (Å²) < 4.78 is 1.23. The fraction of sp³-hybridized carbons (Fsp3) is 0.273. The topological polar surface area (TPSA) is 91.7 Å². The van der Waals surface area contributed by atoms with Crippen LogP contribution in [0.5, 0.6) is 5.88 Å². The van der Waals surface area contributed by atoms with Crippen molar-refractivity contribution in [1.82, 2.24) is 9.55 Å². The Kier molecular flexibility index (Phi) is 4.43. The Hall–Kier alpha value is -3.12. The minimum Gasteiger partial charge on any atom is -0.494 e. The fourth-order valence-corrected chi connectivity index (χ4v) is 4.42. The molecule has 6 heteroatoms. The van der Waals surface area contributed by atoms with Gasteiger partial charge in [-0.1, -0.05) is 42.0 Å². The molecule has 6 nitrogen and oxygen atoms in total. The standard InChI is InChI=1S/C22H23N3O3/c1-12-10-13(2)19(14(3)11-12)25-21(27)17(20(26)24-22(25)28)18-16-7-5-4-6-15(16)8-9-23-18/h4-7,10-11,18,23,27H,8-9H2,1-3H3,(H,24,26,28)/p+1/t18-/m0/s1. The van der Waals surface area contributed by atoms with E-state index in [1.54, 1.807) is 0 Å². The van der Waals surface area contributed by atoms with E-state index in [2.05, 4.69) is 4.98 Å². The second-order valence-corrected chi connectivity index (χ2v) is 7.53. The molecule has 0 fully saturated rings. The van der Waals surface area contributed by atoms with Crippen molar-refractivity contribution in [3.05, 3.63) is 90.6 Å². The minimum absolute atomic E-state index is 0.214. The van der Waals surface area contributed by atoms with Gasteiger partial charge in [0, 0.05) is 12.0 Å². The number of rotatable bonds is 2. The van der Waals surface area contributed by atoms with Crippen LogP contribution in [-0.4, -0.2) is 21.2 Å². The summed E-state index contributed by atoms with van der Waals surface area (Å²) in [5.74, 6) is -0.290. The highest BCUT2D eigenvalue weighted by atomic mass is 16.3. The van der Waals surface area contributed by atoms with Crippen LogP contribution in [0.15, 0.2) is 46.0 Å². The maximum absolute atomic E-state index is 12.7. The normalized spacial score (nSPS) is 16.0. The van der Waals surface area contributed by atoms with Gasteiger partial charge in [0.1, 0.15) is 11.6 Å². The summed E-state index contributed by atoms with van der Waals surface area (Å²) in [6, 6.07) is 11.5. The first kappa shape index (κ1) is 18.3. The molecule has 144 valence electrons. The zero-order valence-corrected chi connectivity index (χ0v) is 16.2. The average molecular weight is 378 g/mol. The van der Waals surface area contributed by atoms with Gasteiger partial charge in [0.15, 0.2) is 0 Å². The van der Waals surface area contributed by atoms with Crippen LogP contribution in [0.2, 0.25) is 0 Å². The Morgan fingerprint density at radius 1 is 1.11 bits per heavy atom. The Balaban J connectivity index is 2.00. The number of aromatic amines is 1. The predicted octanol–water partition coefficient (Wildman–Crippen LogP) is 1.37. The molecule has 4 N–H and O–H groups in total. The van der Waals surface area contributed by atoms with Gasteiger partial charge in [0.25, 0.3) is 5.56 Å². The second kappa shape index (κ2) is 6.80. The number of quaternary nitrogens is 1. The van der Waals surface area contributed by atoms with Crippen molar-refractivity contribution < 1.29 is 10.4 Å². The molecule has 28 heavy (non-hydrogen) atoms. The number of aromatic hydroxyl groups is 1. The molecule has 0 saturated carbocycles. The molecule has 0 saturated heterocycles. The molecule has 2 heterocycles. The van der Waals surface area contributed by atoms with Crippen molar-refractivity contribution in [2.75, 3.05) is 6.54 Å². The first-order chi connectivity index (χ1) is 13.4. The lowest BCUT2D eigenvalue weighted by Crippen LogP contribution is -2.87. The van der Waals surface area contributed by atoms with E-state index in [0.717, 1.165) is 40.8 Å². The third-order valence-corrected chi connectivity index (χ3v) is 5.50. The number of H-pyrrole nitrogens is 1. The largest absolute Gasteiger partial charge is 0.494 e. The molecule has 0 aliphatic carbocycles. The number of nitrogens with zero attached hydrogens (tertiary/aromatic N) is 1. The van der Waals surface area contributed by atoms with E-state index in [1.807, 2.05) is 62.5 Å². The quantitative estimate of drug-likeness (QED) is 0.629. The van der Waals surface area contributed by atoms with Gasteiger partial charge >= 0.3 is 5.69 Å². The van der Waals surface area contributed by atoms with E-state index >= 15 is 0 Å². The number of nitrogens with one attached hydrogen (secondary N) is 1. The lowest BCUT2D eigenvalue weighted by molar-refractivity contribution is -0.690. The van der Waals surface area contributed by atoms with Crippen LogP contribution >= 0.6 is 0 Å². The number of hydrogen-bond donors (Lipinski definition) is 3. The summed E-state index contributed by atoms with van der Waals surface area (Å²) in [7, 11) is 0.